The van der Waals surface area contributed by atoms with Crippen LogP contribution in [0.2, 0.25) is 0 Å². The summed E-state index contributed by atoms with van der Waals surface area (Å²) < 4.78 is 35.6. The molecule has 0 atom stereocenters. The van der Waals surface area contributed by atoms with E-state index >= 15 is 4.39 Å². The van der Waals surface area contributed by atoms with Crippen LogP contribution in [-0.2, 0) is 11.3 Å². The normalized spacial score (nSPS) is 14.5. The molecule has 0 amide bonds. The molecule has 0 saturated carbocycles. The van der Waals surface area contributed by atoms with Crippen molar-refractivity contribution >= 4 is 16.6 Å². The van der Waals surface area contributed by atoms with E-state index in [9.17, 15) is 9.18 Å². The van der Waals surface area contributed by atoms with E-state index in [0.717, 1.165) is 38.2 Å². The van der Waals surface area contributed by atoms with E-state index in [4.69, 9.17) is 10.5 Å². The van der Waals surface area contributed by atoms with Crippen molar-refractivity contribution < 1.29 is 13.5 Å². The van der Waals surface area contributed by atoms with Gasteiger partial charge in [0.05, 0.1) is 5.69 Å². The second-order valence-electron chi connectivity index (χ2n) is 9.95. The predicted molar refractivity (Wildman–Crippen MR) is 142 cm³/mol. The first-order valence-electron chi connectivity index (χ1n) is 12.4. The van der Waals surface area contributed by atoms with E-state index in [1.807, 2.05) is 26.2 Å². The minimum absolute atomic E-state index is 0.00471. The summed E-state index contributed by atoms with van der Waals surface area (Å²) in [5.41, 5.74) is 10.3. The molecule has 1 aliphatic rings. The van der Waals surface area contributed by atoms with Gasteiger partial charge in [0.2, 0.25) is 5.95 Å². The summed E-state index contributed by atoms with van der Waals surface area (Å²) in [6.07, 6.45) is 1.92. The first-order chi connectivity index (χ1) is 17.7. The zero-order valence-corrected chi connectivity index (χ0v) is 21.2. The van der Waals surface area contributed by atoms with Crippen molar-refractivity contribution in [2.45, 2.75) is 32.2 Å². The summed E-state index contributed by atoms with van der Waals surface area (Å²) in [4.78, 5) is 20.9. The quantitative estimate of drug-likeness (QED) is 0.357. The van der Waals surface area contributed by atoms with Gasteiger partial charge in [0.1, 0.15) is 11.6 Å². The zero-order chi connectivity index (χ0) is 26.3. The number of H-pyrrole nitrogens is 1. The molecule has 5 rings (SSSR count). The molecule has 0 bridgehead atoms. The van der Waals surface area contributed by atoms with E-state index in [-0.39, 0.29) is 27.8 Å². The number of fused-ring (bicyclic) bond motifs is 1. The fourth-order valence-electron chi connectivity index (χ4n) is 5.18. The first kappa shape index (κ1) is 25.0. The van der Waals surface area contributed by atoms with Crippen molar-refractivity contribution in [3.05, 3.63) is 81.4 Å². The van der Waals surface area contributed by atoms with Gasteiger partial charge in [-0.05, 0) is 86.3 Å². The standard InChI is InChI=1S/C29H30F2N4O2/c1-16-26(30)25-13-19(5-7-22(25)29(36)33-16)24-14-23(27(31)34-28(24)32)18-4-6-21(17-8-10-37-11-9-17)20(12-18)15-35(2)3/h4-7,12-14,17H,8-11,15H2,1-3H3,(H2,32,34)(H,33,36). The van der Waals surface area contributed by atoms with Gasteiger partial charge in [0, 0.05) is 41.7 Å². The number of benzene rings is 2. The summed E-state index contributed by atoms with van der Waals surface area (Å²) in [5, 5.41) is 0.413. The summed E-state index contributed by atoms with van der Waals surface area (Å²) in [5.74, 6) is -0.783. The molecule has 8 heteroatoms. The van der Waals surface area contributed by atoms with Gasteiger partial charge >= 0.3 is 0 Å². The lowest BCUT2D eigenvalue weighted by Crippen LogP contribution is -2.18. The fourth-order valence-corrected chi connectivity index (χ4v) is 5.18. The number of aryl methyl sites for hydroxylation is 1. The number of aromatic amines is 1. The number of halogens is 2. The molecule has 1 fully saturated rings. The number of anilines is 1. The minimum atomic E-state index is -0.671. The highest BCUT2D eigenvalue weighted by atomic mass is 19.1. The van der Waals surface area contributed by atoms with Gasteiger partial charge < -0.3 is 20.4 Å². The number of ether oxygens (including phenoxy) is 1. The smallest absolute Gasteiger partial charge is 0.256 e. The van der Waals surface area contributed by atoms with Crippen molar-refractivity contribution in [2.75, 3.05) is 33.0 Å². The minimum Gasteiger partial charge on any atom is -0.383 e. The van der Waals surface area contributed by atoms with Crippen LogP contribution in [0.1, 0.15) is 35.6 Å². The van der Waals surface area contributed by atoms with Crippen LogP contribution in [0.15, 0.2) is 47.3 Å². The van der Waals surface area contributed by atoms with Crippen LogP contribution in [-0.4, -0.2) is 42.2 Å². The van der Waals surface area contributed by atoms with E-state index in [2.05, 4.69) is 20.9 Å². The van der Waals surface area contributed by atoms with E-state index in [1.54, 1.807) is 24.3 Å². The maximum absolute atomic E-state index is 15.2. The van der Waals surface area contributed by atoms with Gasteiger partial charge in [-0.25, -0.2) is 9.37 Å². The topological polar surface area (TPSA) is 84.2 Å². The Bertz CT molecular complexity index is 1540. The highest BCUT2D eigenvalue weighted by Gasteiger charge is 2.21. The monoisotopic (exact) mass is 504 g/mol. The molecule has 4 aromatic rings. The first-order valence-corrected chi connectivity index (χ1v) is 12.4. The molecule has 6 nitrogen and oxygen atoms in total. The number of rotatable bonds is 5. The SMILES string of the molecule is Cc1[nH]c(=O)c2ccc(-c3cc(-c4ccc(C5CCOCC5)c(CN(C)C)c4)c(F)nc3N)cc2c1F. The Labute approximate surface area is 214 Å². The molecule has 0 unspecified atom stereocenters. The molecule has 3 N–H and O–H groups in total. The van der Waals surface area contributed by atoms with Crippen molar-refractivity contribution in [1.82, 2.24) is 14.9 Å². The van der Waals surface area contributed by atoms with Crippen LogP contribution in [0.5, 0.6) is 0 Å². The molecule has 0 radical (unpaired) electrons. The molecule has 3 heterocycles. The van der Waals surface area contributed by atoms with E-state index in [1.165, 1.54) is 12.5 Å². The van der Waals surface area contributed by atoms with Gasteiger partial charge in [-0.3, -0.25) is 4.79 Å². The number of pyridine rings is 2. The third-order valence-electron chi connectivity index (χ3n) is 7.05. The fraction of sp³-hybridized carbons (Fsp3) is 0.310. The lowest BCUT2D eigenvalue weighted by Gasteiger charge is -2.26. The largest absolute Gasteiger partial charge is 0.383 e. The molecule has 1 aliphatic heterocycles. The summed E-state index contributed by atoms with van der Waals surface area (Å²) >= 11 is 0. The molecule has 37 heavy (non-hydrogen) atoms. The molecule has 0 aliphatic carbocycles. The maximum atomic E-state index is 15.2. The molecular formula is C29H30F2N4O2. The number of aromatic nitrogens is 2. The Hall–Kier alpha value is -3.62. The van der Waals surface area contributed by atoms with Crippen LogP contribution < -0.4 is 11.3 Å². The molecule has 0 spiro atoms. The summed E-state index contributed by atoms with van der Waals surface area (Å²) in [7, 11) is 4.02. The highest BCUT2D eigenvalue weighted by molar-refractivity contribution is 5.90. The Kier molecular flexibility index (Phi) is 6.79. The van der Waals surface area contributed by atoms with Crippen LogP contribution in [0.25, 0.3) is 33.0 Å². The van der Waals surface area contributed by atoms with Crippen LogP contribution in [0, 0.1) is 18.7 Å². The van der Waals surface area contributed by atoms with Crippen molar-refractivity contribution in [2.24, 2.45) is 0 Å². The number of hydrogen-bond acceptors (Lipinski definition) is 5. The Balaban J connectivity index is 1.62. The number of hydrogen-bond donors (Lipinski definition) is 2. The third-order valence-corrected chi connectivity index (χ3v) is 7.05. The lowest BCUT2D eigenvalue weighted by molar-refractivity contribution is 0.0850. The van der Waals surface area contributed by atoms with Crippen LogP contribution in [0.3, 0.4) is 0 Å². The molecule has 2 aromatic heterocycles. The Morgan fingerprint density at radius 3 is 2.46 bits per heavy atom. The summed E-state index contributed by atoms with van der Waals surface area (Å²) in [6.45, 7) is 3.70. The van der Waals surface area contributed by atoms with Gasteiger partial charge in [-0.15, -0.1) is 0 Å². The average Bonchev–Trinajstić information content (AvgIpc) is 2.87. The Morgan fingerprint density at radius 1 is 1.03 bits per heavy atom. The maximum Gasteiger partial charge on any atom is 0.256 e. The molecule has 192 valence electrons. The van der Waals surface area contributed by atoms with Gasteiger partial charge in [-0.2, -0.15) is 4.39 Å². The average molecular weight is 505 g/mol. The number of nitrogen functional groups attached to an aromatic ring is 1. The van der Waals surface area contributed by atoms with Gasteiger partial charge in [0.15, 0.2) is 0 Å². The number of nitrogens with two attached hydrogens (primary N) is 1. The van der Waals surface area contributed by atoms with Crippen molar-refractivity contribution in [3.63, 3.8) is 0 Å². The van der Waals surface area contributed by atoms with Gasteiger partial charge in [0.25, 0.3) is 5.56 Å². The zero-order valence-electron chi connectivity index (χ0n) is 21.2. The van der Waals surface area contributed by atoms with E-state index in [0.29, 0.717) is 28.2 Å². The van der Waals surface area contributed by atoms with Crippen molar-refractivity contribution in [3.8, 4) is 22.3 Å². The van der Waals surface area contributed by atoms with Crippen LogP contribution in [0.4, 0.5) is 14.6 Å². The van der Waals surface area contributed by atoms with E-state index < -0.39 is 11.8 Å². The number of nitrogens with one attached hydrogen (secondary N) is 1. The van der Waals surface area contributed by atoms with Gasteiger partial charge in [-0.1, -0.05) is 18.2 Å². The summed E-state index contributed by atoms with van der Waals surface area (Å²) in [6, 6.07) is 12.5. The second-order valence-corrected chi connectivity index (χ2v) is 9.95. The molecule has 2 aromatic carbocycles. The molecule has 1 saturated heterocycles. The third kappa shape index (κ3) is 4.86. The second kappa shape index (κ2) is 10.0. The van der Waals surface area contributed by atoms with Crippen molar-refractivity contribution in [1.29, 1.82) is 0 Å². The van der Waals surface area contributed by atoms with Crippen LogP contribution >= 0.6 is 0 Å². The number of nitrogens with zero attached hydrogens (tertiary/aromatic N) is 2. The Morgan fingerprint density at radius 2 is 1.73 bits per heavy atom. The molecular weight excluding hydrogens is 474 g/mol. The highest BCUT2D eigenvalue weighted by Crippen LogP contribution is 2.36. The lowest BCUT2D eigenvalue weighted by atomic mass is 9.86. The predicted octanol–water partition coefficient (Wildman–Crippen LogP) is 5.38.